The summed E-state index contributed by atoms with van der Waals surface area (Å²) in [7, 11) is 2.12. The molecule has 3 N–H and O–H groups in total. The first-order chi connectivity index (χ1) is 8.04. The Labute approximate surface area is 111 Å². The third kappa shape index (κ3) is 3.44. The second kappa shape index (κ2) is 5.38. The highest BCUT2D eigenvalue weighted by Crippen LogP contribution is 2.28. The lowest BCUT2D eigenvalue weighted by Gasteiger charge is -2.34. The first kappa shape index (κ1) is 12.9. The molecule has 1 aromatic carbocycles. The molecule has 0 radical (unpaired) electrons. The van der Waals surface area contributed by atoms with Gasteiger partial charge in [-0.15, -0.1) is 0 Å². The molecule has 0 spiro atoms. The average molecular weight is 299 g/mol. The first-order valence-corrected chi connectivity index (χ1v) is 6.74. The maximum Gasteiger partial charge on any atom is 0.0546 e. The van der Waals surface area contributed by atoms with E-state index in [1.165, 1.54) is 5.56 Å². The van der Waals surface area contributed by atoms with Gasteiger partial charge in [-0.05, 0) is 43.5 Å². The van der Waals surface area contributed by atoms with Gasteiger partial charge in [0.2, 0.25) is 0 Å². The van der Waals surface area contributed by atoms with Gasteiger partial charge in [0.05, 0.1) is 6.10 Å². The molecule has 0 amide bonds. The third-order valence-electron chi connectivity index (χ3n) is 3.30. The molecular weight excluding hydrogens is 280 g/mol. The zero-order valence-electron chi connectivity index (χ0n) is 10.1. The number of nitrogens with zero attached hydrogens (tertiary/aromatic N) is 1. The predicted octanol–water partition coefficient (Wildman–Crippen LogP) is 2.23. The highest BCUT2D eigenvalue weighted by Gasteiger charge is 2.27. The van der Waals surface area contributed by atoms with Gasteiger partial charge >= 0.3 is 0 Å². The molecule has 0 atom stereocenters. The highest BCUT2D eigenvalue weighted by atomic mass is 79.9. The molecule has 4 heteroatoms. The predicted molar refractivity (Wildman–Crippen MR) is 73.6 cm³/mol. The minimum atomic E-state index is -0.0586. The SMILES string of the molecule is CN(Cc1ccc(N)cc1Br)CC1CC(O)C1. The molecule has 17 heavy (non-hydrogen) atoms. The lowest BCUT2D eigenvalue weighted by molar-refractivity contribution is 0.0273. The number of anilines is 1. The lowest BCUT2D eigenvalue weighted by Crippen LogP contribution is -2.36. The largest absolute Gasteiger partial charge is 0.399 e. The Morgan fingerprint density at radius 3 is 2.76 bits per heavy atom. The summed E-state index contributed by atoms with van der Waals surface area (Å²) in [6, 6.07) is 5.93. The molecule has 1 fully saturated rings. The fraction of sp³-hybridized carbons (Fsp3) is 0.538. The van der Waals surface area contributed by atoms with Crippen LogP contribution in [0.2, 0.25) is 0 Å². The quantitative estimate of drug-likeness (QED) is 0.838. The van der Waals surface area contributed by atoms with E-state index in [2.05, 4.69) is 33.9 Å². The van der Waals surface area contributed by atoms with Gasteiger partial charge in [-0.25, -0.2) is 0 Å². The van der Waals surface area contributed by atoms with E-state index in [9.17, 15) is 5.11 Å². The lowest BCUT2D eigenvalue weighted by atomic mass is 9.82. The van der Waals surface area contributed by atoms with Gasteiger partial charge < -0.3 is 15.7 Å². The minimum absolute atomic E-state index is 0.0586. The molecule has 94 valence electrons. The van der Waals surface area contributed by atoms with Crippen LogP contribution in [0.15, 0.2) is 22.7 Å². The van der Waals surface area contributed by atoms with Crippen molar-refractivity contribution in [2.45, 2.75) is 25.5 Å². The van der Waals surface area contributed by atoms with Crippen LogP contribution in [0, 0.1) is 5.92 Å². The molecule has 0 aromatic heterocycles. The minimum Gasteiger partial charge on any atom is -0.399 e. The van der Waals surface area contributed by atoms with Crippen LogP contribution >= 0.6 is 15.9 Å². The van der Waals surface area contributed by atoms with Gasteiger partial charge in [0, 0.05) is 23.2 Å². The van der Waals surface area contributed by atoms with Crippen molar-refractivity contribution in [2.75, 3.05) is 19.3 Å². The number of nitrogens with two attached hydrogens (primary N) is 1. The van der Waals surface area contributed by atoms with Crippen LogP contribution in [0.1, 0.15) is 18.4 Å². The molecular formula is C13H19BrN2O. The molecule has 1 aliphatic rings. The zero-order chi connectivity index (χ0) is 12.4. The van der Waals surface area contributed by atoms with Gasteiger partial charge in [-0.1, -0.05) is 22.0 Å². The highest BCUT2D eigenvalue weighted by molar-refractivity contribution is 9.10. The van der Waals surface area contributed by atoms with E-state index in [-0.39, 0.29) is 6.10 Å². The maximum absolute atomic E-state index is 9.26. The van der Waals surface area contributed by atoms with Crippen molar-refractivity contribution < 1.29 is 5.11 Å². The van der Waals surface area contributed by atoms with Crippen molar-refractivity contribution in [2.24, 2.45) is 5.92 Å². The summed E-state index contributed by atoms with van der Waals surface area (Å²) in [5.74, 6) is 0.655. The number of benzene rings is 1. The molecule has 0 bridgehead atoms. The monoisotopic (exact) mass is 298 g/mol. The fourth-order valence-corrected chi connectivity index (χ4v) is 2.86. The van der Waals surface area contributed by atoms with E-state index in [1.54, 1.807) is 0 Å². The van der Waals surface area contributed by atoms with Crippen molar-refractivity contribution in [3.8, 4) is 0 Å². The van der Waals surface area contributed by atoms with Crippen LogP contribution in [0.4, 0.5) is 5.69 Å². The fourth-order valence-electron chi connectivity index (χ4n) is 2.34. The molecule has 0 unspecified atom stereocenters. The number of halogens is 1. The molecule has 0 saturated heterocycles. The number of aliphatic hydroxyl groups is 1. The van der Waals surface area contributed by atoms with Crippen LogP contribution < -0.4 is 5.73 Å². The van der Waals surface area contributed by atoms with Gasteiger partial charge in [0.15, 0.2) is 0 Å². The first-order valence-electron chi connectivity index (χ1n) is 5.95. The molecule has 2 rings (SSSR count). The van der Waals surface area contributed by atoms with Gasteiger partial charge in [-0.3, -0.25) is 0 Å². The Hall–Kier alpha value is -0.580. The normalized spacial score (nSPS) is 23.8. The van der Waals surface area contributed by atoms with E-state index in [0.717, 1.165) is 36.1 Å². The Bertz CT molecular complexity index is 391. The smallest absolute Gasteiger partial charge is 0.0546 e. The van der Waals surface area contributed by atoms with Crippen LogP contribution in [0.3, 0.4) is 0 Å². The van der Waals surface area contributed by atoms with Crippen LogP contribution in [0.5, 0.6) is 0 Å². The summed E-state index contributed by atoms with van der Waals surface area (Å²) in [6.45, 7) is 1.96. The summed E-state index contributed by atoms with van der Waals surface area (Å²) in [4.78, 5) is 2.30. The molecule has 1 aliphatic carbocycles. The van der Waals surface area contributed by atoms with Gasteiger partial charge in [-0.2, -0.15) is 0 Å². The Morgan fingerprint density at radius 1 is 1.47 bits per heavy atom. The molecule has 0 aliphatic heterocycles. The number of rotatable bonds is 4. The van der Waals surface area contributed by atoms with Gasteiger partial charge in [0.1, 0.15) is 0 Å². The van der Waals surface area contributed by atoms with Crippen molar-refractivity contribution in [3.63, 3.8) is 0 Å². The molecule has 1 aromatic rings. The Kier molecular flexibility index (Phi) is 4.07. The van der Waals surface area contributed by atoms with Crippen molar-refractivity contribution in [1.82, 2.24) is 4.90 Å². The van der Waals surface area contributed by atoms with E-state index >= 15 is 0 Å². The second-order valence-corrected chi connectivity index (χ2v) is 5.89. The van der Waals surface area contributed by atoms with E-state index in [4.69, 9.17) is 5.73 Å². The molecule has 0 heterocycles. The maximum atomic E-state index is 9.26. The van der Waals surface area contributed by atoms with Crippen molar-refractivity contribution in [3.05, 3.63) is 28.2 Å². The number of aliphatic hydroxyl groups excluding tert-OH is 1. The number of nitrogen functional groups attached to an aromatic ring is 1. The Morgan fingerprint density at radius 2 is 2.18 bits per heavy atom. The van der Waals surface area contributed by atoms with E-state index in [0.29, 0.717) is 5.92 Å². The van der Waals surface area contributed by atoms with E-state index in [1.807, 2.05) is 12.1 Å². The second-order valence-electron chi connectivity index (χ2n) is 5.04. The van der Waals surface area contributed by atoms with Gasteiger partial charge in [0.25, 0.3) is 0 Å². The van der Waals surface area contributed by atoms with Crippen LogP contribution in [-0.4, -0.2) is 29.7 Å². The number of hydrogen-bond acceptors (Lipinski definition) is 3. The summed E-state index contributed by atoms with van der Waals surface area (Å²) in [5, 5.41) is 9.26. The van der Waals surface area contributed by atoms with Crippen molar-refractivity contribution in [1.29, 1.82) is 0 Å². The summed E-state index contributed by atoms with van der Waals surface area (Å²) in [5.41, 5.74) is 7.75. The Balaban J connectivity index is 1.87. The van der Waals surface area contributed by atoms with E-state index < -0.39 is 0 Å². The summed E-state index contributed by atoms with van der Waals surface area (Å²) in [6.07, 6.45) is 1.84. The third-order valence-corrected chi connectivity index (χ3v) is 4.04. The standard InChI is InChI=1S/C13H19BrN2O/c1-16(7-9-4-12(17)5-9)8-10-2-3-11(15)6-13(10)14/h2-3,6,9,12,17H,4-5,7-8,15H2,1H3. The topological polar surface area (TPSA) is 49.5 Å². The van der Waals surface area contributed by atoms with Crippen LogP contribution in [-0.2, 0) is 6.54 Å². The van der Waals surface area contributed by atoms with Crippen LogP contribution in [0.25, 0.3) is 0 Å². The number of hydrogen-bond donors (Lipinski definition) is 2. The summed E-state index contributed by atoms with van der Waals surface area (Å²) >= 11 is 3.54. The van der Waals surface area contributed by atoms with Crippen molar-refractivity contribution >= 4 is 21.6 Å². The summed E-state index contributed by atoms with van der Waals surface area (Å²) < 4.78 is 1.07. The molecule has 1 saturated carbocycles. The average Bonchev–Trinajstić information content (AvgIpc) is 2.20. The molecule has 3 nitrogen and oxygen atoms in total. The zero-order valence-corrected chi connectivity index (χ0v) is 11.7.